The van der Waals surface area contributed by atoms with Crippen LogP contribution in [0.15, 0.2) is 18.3 Å². The van der Waals surface area contributed by atoms with Gasteiger partial charge in [-0.2, -0.15) is 0 Å². The fourth-order valence-corrected chi connectivity index (χ4v) is 1.99. The quantitative estimate of drug-likeness (QED) is 0.843. The van der Waals surface area contributed by atoms with E-state index >= 15 is 0 Å². The zero-order chi connectivity index (χ0) is 11.9. The molecular formula is C13H20N2O2. The molecule has 0 amide bonds. The fourth-order valence-electron chi connectivity index (χ4n) is 1.99. The van der Waals surface area contributed by atoms with Crippen LogP contribution in [0.3, 0.4) is 0 Å². The summed E-state index contributed by atoms with van der Waals surface area (Å²) in [5, 5.41) is 3.12. The van der Waals surface area contributed by atoms with Crippen molar-refractivity contribution in [3.05, 3.63) is 23.9 Å². The maximum Gasteiger partial charge on any atom is 0.217 e. The third kappa shape index (κ3) is 3.68. The molecule has 1 aromatic heterocycles. The minimum atomic E-state index is 0.605. The van der Waals surface area contributed by atoms with E-state index in [9.17, 15) is 0 Å². The van der Waals surface area contributed by atoms with Crippen LogP contribution >= 0.6 is 0 Å². The van der Waals surface area contributed by atoms with Crippen LogP contribution in [-0.2, 0) is 11.3 Å². The number of ether oxygens (including phenoxy) is 2. The lowest BCUT2D eigenvalue weighted by Gasteiger charge is -2.22. The van der Waals surface area contributed by atoms with Crippen molar-refractivity contribution in [3.8, 4) is 5.88 Å². The first-order chi connectivity index (χ1) is 8.40. The van der Waals surface area contributed by atoms with Crippen molar-refractivity contribution in [2.75, 3.05) is 26.9 Å². The number of aromatic nitrogens is 1. The molecule has 1 saturated heterocycles. The second-order valence-electron chi connectivity index (χ2n) is 4.36. The highest BCUT2D eigenvalue weighted by molar-refractivity contribution is 5.25. The molecule has 2 rings (SSSR count). The van der Waals surface area contributed by atoms with Crippen molar-refractivity contribution < 1.29 is 9.47 Å². The summed E-state index contributed by atoms with van der Waals surface area (Å²) in [6.07, 6.45) is 3.96. The predicted molar refractivity (Wildman–Crippen MR) is 66.0 cm³/mol. The predicted octanol–water partition coefficient (Wildman–Crippen LogP) is 1.61. The number of nitrogens with zero attached hydrogens (tertiary/aromatic N) is 1. The lowest BCUT2D eigenvalue weighted by atomic mass is 10.0. The molecule has 0 saturated carbocycles. The Bertz CT molecular complexity index is 338. The topological polar surface area (TPSA) is 43.4 Å². The monoisotopic (exact) mass is 236 g/mol. The van der Waals surface area contributed by atoms with E-state index in [0.29, 0.717) is 5.92 Å². The van der Waals surface area contributed by atoms with Crippen LogP contribution in [-0.4, -0.2) is 31.9 Å². The molecule has 1 fully saturated rings. The molecule has 17 heavy (non-hydrogen) atoms. The van der Waals surface area contributed by atoms with Gasteiger partial charge in [0.25, 0.3) is 0 Å². The van der Waals surface area contributed by atoms with Crippen molar-refractivity contribution in [2.24, 2.45) is 5.92 Å². The van der Waals surface area contributed by atoms with Crippen molar-refractivity contribution >= 4 is 0 Å². The Labute approximate surface area is 102 Å². The van der Waals surface area contributed by atoms with Gasteiger partial charge >= 0.3 is 0 Å². The first-order valence-electron chi connectivity index (χ1n) is 6.19. The van der Waals surface area contributed by atoms with E-state index in [4.69, 9.17) is 9.47 Å². The lowest BCUT2D eigenvalue weighted by Crippen LogP contribution is -2.22. The van der Waals surface area contributed by atoms with Gasteiger partial charge in [0, 0.05) is 31.5 Å². The molecule has 94 valence electrons. The van der Waals surface area contributed by atoms with Gasteiger partial charge in [0.1, 0.15) is 0 Å². The summed E-state index contributed by atoms with van der Waals surface area (Å²) in [5.41, 5.74) is 1.11. The molecule has 1 N–H and O–H groups in total. The summed E-state index contributed by atoms with van der Waals surface area (Å²) >= 11 is 0. The molecule has 1 aliphatic rings. The molecule has 0 atom stereocenters. The van der Waals surface area contributed by atoms with E-state index in [1.54, 1.807) is 6.20 Å². The summed E-state index contributed by atoms with van der Waals surface area (Å²) in [7, 11) is 1.93. The zero-order valence-corrected chi connectivity index (χ0v) is 10.3. The number of hydrogen-bond donors (Lipinski definition) is 1. The Morgan fingerprint density at radius 1 is 1.47 bits per heavy atom. The summed E-state index contributed by atoms with van der Waals surface area (Å²) in [4.78, 5) is 4.29. The molecule has 0 bridgehead atoms. The van der Waals surface area contributed by atoms with Gasteiger partial charge in [-0.05, 0) is 31.9 Å². The van der Waals surface area contributed by atoms with Gasteiger partial charge < -0.3 is 14.8 Å². The molecule has 0 aliphatic carbocycles. The van der Waals surface area contributed by atoms with Gasteiger partial charge in [0.15, 0.2) is 0 Å². The van der Waals surface area contributed by atoms with Gasteiger partial charge in [-0.15, -0.1) is 0 Å². The summed E-state index contributed by atoms with van der Waals surface area (Å²) < 4.78 is 11.2. The molecule has 4 nitrogen and oxygen atoms in total. The number of rotatable bonds is 5. The maximum absolute atomic E-state index is 5.82. The third-order valence-electron chi connectivity index (χ3n) is 3.01. The molecule has 1 aliphatic heterocycles. The first-order valence-corrected chi connectivity index (χ1v) is 6.19. The Kier molecular flexibility index (Phi) is 4.76. The summed E-state index contributed by atoms with van der Waals surface area (Å²) in [6, 6.07) is 3.98. The average Bonchev–Trinajstić information content (AvgIpc) is 2.39. The summed E-state index contributed by atoms with van der Waals surface area (Å²) in [5.74, 6) is 1.36. The van der Waals surface area contributed by atoms with E-state index in [1.165, 1.54) is 0 Å². The van der Waals surface area contributed by atoms with Gasteiger partial charge in [-0.25, -0.2) is 4.98 Å². The molecule has 0 radical (unpaired) electrons. The lowest BCUT2D eigenvalue weighted by molar-refractivity contribution is 0.0488. The molecular weight excluding hydrogens is 216 g/mol. The van der Waals surface area contributed by atoms with Crippen molar-refractivity contribution in [2.45, 2.75) is 19.4 Å². The van der Waals surface area contributed by atoms with E-state index < -0.39 is 0 Å². The van der Waals surface area contributed by atoms with Crippen LogP contribution in [0.1, 0.15) is 18.4 Å². The van der Waals surface area contributed by atoms with Gasteiger partial charge in [-0.1, -0.05) is 6.07 Å². The van der Waals surface area contributed by atoms with Crippen molar-refractivity contribution in [1.29, 1.82) is 0 Å². The largest absolute Gasteiger partial charge is 0.477 e. The minimum absolute atomic E-state index is 0.605. The minimum Gasteiger partial charge on any atom is -0.477 e. The second-order valence-corrected chi connectivity index (χ2v) is 4.36. The number of pyridine rings is 1. The first kappa shape index (κ1) is 12.3. The smallest absolute Gasteiger partial charge is 0.217 e. The second kappa shape index (κ2) is 6.57. The Morgan fingerprint density at radius 3 is 3.06 bits per heavy atom. The highest BCUT2D eigenvalue weighted by Crippen LogP contribution is 2.19. The van der Waals surface area contributed by atoms with Crippen molar-refractivity contribution in [3.63, 3.8) is 0 Å². The number of nitrogens with one attached hydrogen (secondary N) is 1. The summed E-state index contributed by atoms with van der Waals surface area (Å²) in [6.45, 7) is 3.26. The zero-order valence-electron chi connectivity index (χ0n) is 10.3. The normalized spacial score (nSPS) is 17.0. The standard InChI is InChI=1S/C13H20N2O2/c1-14-9-12-3-2-6-15-13(12)17-10-11-4-7-16-8-5-11/h2-3,6,11,14H,4-5,7-10H2,1H3. The van der Waals surface area contributed by atoms with Crippen LogP contribution in [0.5, 0.6) is 5.88 Å². The van der Waals surface area contributed by atoms with Crippen LogP contribution < -0.4 is 10.1 Å². The van der Waals surface area contributed by atoms with E-state index in [-0.39, 0.29) is 0 Å². The van der Waals surface area contributed by atoms with E-state index in [0.717, 1.165) is 50.7 Å². The molecule has 0 aromatic carbocycles. The highest BCUT2D eigenvalue weighted by atomic mass is 16.5. The van der Waals surface area contributed by atoms with Gasteiger partial charge in [0.05, 0.1) is 6.61 Å². The Balaban J connectivity index is 1.88. The Hall–Kier alpha value is -1.13. The highest BCUT2D eigenvalue weighted by Gasteiger charge is 2.15. The SMILES string of the molecule is CNCc1cccnc1OCC1CCOCC1. The van der Waals surface area contributed by atoms with Gasteiger partial charge in [-0.3, -0.25) is 0 Å². The van der Waals surface area contributed by atoms with Crippen LogP contribution in [0.4, 0.5) is 0 Å². The maximum atomic E-state index is 5.82. The molecule has 0 spiro atoms. The van der Waals surface area contributed by atoms with E-state index in [1.807, 2.05) is 19.2 Å². The van der Waals surface area contributed by atoms with E-state index in [2.05, 4.69) is 10.3 Å². The molecule has 4 heteroatoms. The molecule has 2 heterocycles. The number of hydrogen-bond acceptors (Lipinski definition) is 4. The average molecular weight is 236 g/mol. The van der Waals surface area contributed by atoms with Crippen LogP contribution in [0.25, 0.3) is 0 Å². The van der Waals surface area contributed by atoms with Crippen LogP contribution in [0, 0.1) is 5.92 Å². The van der Waals surface area contributed by atoms with Gasteiger partial charge in [0.2, 0.25) is 5.88 Å². The molecule has 1 aromatic rings. The van der Waals surface area contributed by atoms with Crippen LogP contribution in [0.2, 0.25) is 0 Å². The van der Waals surface area contributed by atoms with Crippen molar-refractivity contribution in [1.82, 2.24) is 10.3 Å². The molecule has 0 unspecified atom stereocenters. The Morgan fingerprint density at radius 2 is 2.29 bits per heavy atom. The fraction of sp³-hybridized carbons (Fsp3) is 0.615. The third-order valence-corrected chi connectivity index (χ3v) is 3.01.